The van der Waals surface area contributed by atoms with E-state index in [1.165, 1.54) is 56.7 Å². The van der Waals surface area contributed by atoms with Crippen molar-refractivity contribution in [2.45, 2.75) is 82.3 Å². The van der Waals surface area contributed by atoms with Crippen molar-refractivity contribution in [3.63, 3.8) is 0 Å². The fourth-order valence-corrected chi connectivity index (χ4v) is 7.34. The summed E-state index contributed by atoms with van der Waals surface area (Å²) in [6.07, 6.45) is 10.6. The lowest BCUT2D eigenvalue weighted by molar-refractivity contribution is 0.280. The molecule has 0 unspecified atom stereocenters. The van der Waals surface area contributed by atoms with Crippen LogP contribution < -0.4 is 0 Å². The topological polar surface area (TPSA) is 0 Å². The molecule has 2 aliphatic rings. The normalized spacial score (nSPS) is 26.6. The van der Waals surface area contributed by atoms with Crippen LogP contribution in [0.5, 0.6) is 0 Å². The van der Waals surface area contributed by atoms with Crippen molar-refractivity contribution in [1.29, 1.82) is 0 Å². The summed E-state index contributed by atoms with van der Waals surface area (Å²) in [6, 6.07) is 9.04. The van der Waals surface area contributed by atoms with Crippen LogP contribution in [0, 0.1) is 23.5 Å². The van der Waals surface area contributed by atoms with Gasteiger partial charge >= 0.3 is 0 Å². The van der Waals surface area contributed by atoms with E-state index in [9.17, 15) is 8.78 Å². The molecule has 1 aliphatic carbocycles. The lowest BCUT2D eigenvalue weighted by Crippen LogP contribution is -2.21. The van der Waals surface area contributed by atoms with Gasteiger partial charge < -0.3 is 0 Å². The predicted molar refractivity (Wildman–Crippen MR) is 98.9 cm³/mol. The Morgan fingerprint density at radius 3 is 2.08 bits per heavy atom. The first-order chi connectivity index (χ1) is 11.7. The zero-order valence-electron chi connectivity index (χ0n) is 15.0. The molecule has 0 bridgehead atoms. The van der Waals surface area contributed by atoms with E-state index in [0.29, 0.717) is 5.92 Å². The summed E-state index contributed by atoms with van der Waals surface area (Å²) in [5, 5.41) is 0. The van der Waals surface area contributed by atoms with Crippen LogP contribution in [0.2, 0.25) is 18.1 Å². The highest BCUT2D eigenvalue weighted by molar-refractivity contribution is 6.58. The molecule has 1 saturated heterocycles. The van der Waals surface area contributed by atoms with E-state index in [1.54, 1.807) is 18.2 Å². The molecule has 3 rings (SSSR count). The molecule has 0 aromatic heterocycles. The maximum Gasteiger partial charge on any atom is 0.159 e. The van der Waals surface area contributed by atoms with Gasteiger partial charge in [-0.05, 0) is 61.1 Å². The van der Waals surface area contributed by atoms with Crippen LogP contribution >= 0.6 is 0 Å². The highest BCUT2D eigenvalue weighted by Gasteiger charge is 2.25. The van der Waals surface area contributed by atoms with E-state index in [1.807, 2.05) is 0 Å². The molecule has 1 aliphatic heterocycles. The lowest BCUT2D eigenvalue weighted by Gasteiger charge is -2.31. The second-order valence-electron chi connectivity index (χ2n) is 8.02. The van der Waals surface area contributed by atoms with Gasteiger partial charge in [0.05, 0.1) is 0 Å². The average molecular weight is 350 g/mol. The minimum absolute atomic E-state index is 0.0365. The quantitative estimate of drug-likeness (QED) is 0.505. The van der Waals surface area contributed by atoms with E-state index in [-0.39, 0.29) is 8.80 Å². The Balaban J connectivity index is 1.40. The SMILES string of the molecule is CC[Si]1CCC(CCC2CCC(c3ccc(F)c(F)c3)CC2)CC1. The number of hydrogen-bond acceptors (Lipinski definition) is 0. The number of benzene rings is 1. The van der Waals surface area contributed by atoms with Crippen molar-refractivity contribution in [3.8, 4) is 0 Å². The van der Waals surface area contributed by atoms with Gasteiger partial charge in [-0.2, -0.15) is 0 Å². The standard InChI is InChI=1S/C21H31F2Si/c1-2-24-13-11-17(12-14-24)4-3-16-5-7-18(8-6-16)19-9-10-20(22)21(23)15-19/h9-10,15-18H,2-8,11-14H2,1H3. The summed E-state index contributed by atoms with van der Waals surface area (Å²) in [6.45, 7) is 2.38. The summed E-state index contributed by atoms with van der Waals surface area (Å²) < 4.78 is 26.5. The van der Waals surface area contributed by atoms with Crippen LogP contribution in [0.1, 0.15) is 69.8 Å². The number of rotatable bonds is 5. The molecule has 0 amide bonds. The highest BCUT2D eigenvalue weighted by atomic mass is 28.3. The molecule has 1 radical (unpaired) electrons. The highest BCUT2D eigenvalue weighted by Crippen LogP contribution is 2.39. The summed E-state index contributed by atoms with van der Waals surface area (Å²) in [5.74, 6) is 0.867. The van der Waals surface area contributed by atoms with Crippen LogP contribution in [0.3, 0.4) is 0 Å². The van der Waals surface area contributed by atoms with E-state index in [4.69, 9.17) is 0 Å². The maximum absolute atomic E-state index is 13.4. The molecule has 0 N–H and O–H groups in total. The van der Waals surface area contributed by atoms with Gasteiger partial charge in [-0.15, -0.1) is 0 Å². The Kier molecular flexibility index (Phi) is 6.48. The Hall–Kier alpha value is -0.703. The second-order valence-corrected chi connectivity index (χ2v) is 11.2. The van der Waals surface area contributed by atoms with Gasteiger partial charge in [0.1, 0.15) is 0 Å². The molecule has 0 nitrogen and oxygen atoms in total. The van der Waals surface area contributed by atoms with Gasteiger partial charge in [-0.1, -0.05) is 56.8 Å². The molecular formula is C21H31F2Si. The van der Waals surface area contributed by atoms with Crippen molar-refractivity contribution >= 4 is 8.80 Å². The first-order valence-corrected chi connectivity index (χ1v) is 12.1. The van der Waals surface area contributed by atoms with Crippen molar-refractivity contribution in [1.82, 2.24) is 0 Å². The minimum atomic E-state index is -0.729. The Morgan fingerprint density at radius 1 is 0.875 bits per heavy atom. The van der Waals surface area contributed by atoms with Crippen molar-refractivity contribution < 1.29 is 8.78 Å². The van der Waals surface area contributed by atoms with Gasteiger partial charge in [-0.25, -0.2) is 8.78 Å². The zero-order chi connectivity index (χ0) is 16.9. The summed E-state index contributed by atoms with van der Waals surface area (Å²) in [7, 11) is 0.0365. The third kappa shape index (κ3) is 4.68. The molecular weight excluding hydrogens is 318 g/mol. The molecule has 2 fully saturated rings. The van der Waals surface area contributed by atoms with E-state index < -0.39 is 11.6 Å². The molecule has 0 atom stereocenters. The fraction of sp³-hybridized carbons (Fsp3) is 0.714. The van der Waals surface area contributed by atoms with Crippen molar-refractivity contribution in [3.05, 3.63) is 35.4 Å². The van der Waals surface area contributed by atoms with E-state index in [2.05, 4.69) is 6.92 Å². The predicted octanol–water partition coefficient (Wildman–Crippen LogP) is 6.94. The van der Waals surface area contributed by atoms with E-state index in [0.717, 1.165) is 30.2 Å². The molecule has 0 spiro atoms. The van der Waals surface area contributed by atoms with Crippen molar-refractivity contribution in [2.75, 3.05) is 0 Å². The first kappa shape index (κ1) is 18.1. The molecule has 1 aromatic carbocycles. The third-order valence-corrected chi connectivity index (χ3v) is 9.55. The van der Waals surface area contributed by atoms with Gasteiger partial charge in [0, 0.05) is 8.80 Å². The Bertz CT molecular complexity index is 515. The number of hydrogen-bond donors (Lipinski definition) is 0. The fourth-order valence-electron chi connectivity index (χ4n) is 4.75. The van der Waals surface area contributed by atoms with Crippen LogP contribution in [0.4, 0.5) is 8.78 Å². The number of halogens is 2. The Morgan fingerprint density at radius 2 is 1.50 bits per heavy atom. The third-order valence-electron chi connectivity index (χ3n) is 6.56. The monoisotopic (exact) mass is 349 g/mol. The van der Waals surface area contributed by atoms with E-state index >= 15 is 0 Å². The summed E-state index contributed by atoms with van der Waals surface area (Å²) >= 11 is 0. The summed E-state index contributed by atoms with van der Waals surface area (Å²) in [4.78, 5) is 0. The second kappa shape index (κ2) is 8.60. The maximum atomic E-state index is 13.4. The zero-order valence-corrected chi connectivity index (χ0v) is 16.0. The lowest BCUT2D eigenvalue weighted by atomic mass is 9.76. The Labute approximate surface area is 147 Å². The molecule has 24 heavy (non-hydrogen) atoms. The largest absolute Gasteiger partial charge is 0.204 e. The summed E-state index contributed by atoms with van der Waals surface area (Å²) in [5.41, 5.74) is 0.994. The average Bonchev–Trinajstić information content (AvgIpc) is 2.63. The van der Waals surface area contributed by atoms with Crippen LogP contribution in [-0.2, 0) is 0 Å². The van der Waals surface area contributed by atoms with Crippen LogP contribution in [-0.4, -0.2) is 8.80 Å². The van der Waals surface area contributed by atoms with Gasteiger partial charge in [0.15, 0.2) is 11.6 Å². The van der Waals surface area contributed by atoms with Crippen molar-refractivity contribution in [2.24, 2.45) is 11.8 Å². The first-order valence-electron chi connectivity index (χ1n) is 9.94. The minimum Gasteiger partial charge on any atom is -0.204 e. The molecule has 1 aromatic rings. The van der Waals surface area contributed by atoms with Gasteiger partial charge in [-0.3, -0.25) is 0 Å². The van der Waals surface area contributed by atoms with Crippen LogP contribution in [0.15, 0.2) is 18.2 Å². The molecule has 1 heterocycles. The molecule has 133 valence electrons. The smallest absolute Gasteiger partial charge is 0.159 e. The van der Waals surface area contributed by atoms with Gasteiger partial charge in [0.2, 0.25) is 0 Å². The van der Waals surface area contributed by atoms with Gasteiger partial charge in [0.25, 0.3) is 0 Å². The molecule has 1 saturated carbocycles. The molecule has 3 heteroatoms. The van der Waals surface area contributed by atoms with Crippen LogP contribution in [0.25, 0.3) is 0 Å².